The Bertz CT molecular complexity index is 3190. The van der Waals surface area contributed by atoms with E-state index in [-0.39, 0.29) is 0 Å². The summed E-state index contributed by atoms with van der Waals surface area (Å²) in [4.78, 5) is 5.04. The van der Waals surface area contributed by atoms with Crippen molar-refractivity contribution in [3.63, 3.8) is 0 Å². The van der Waals surface area contributed by atoms with E-state index >= 15 is 0 Å². The van der Waals surface area contributed by atoms with E-state index in [4.69, 9.17) is 4.42 Å². The van der Waals surface area contributed by atoms with Gasteiger partial charge in [0, 0.05) is 52.1 Å². The molecule has 2 aliphatic rings. The van der Waals surface area contributed by atoms with Gasteiger partial charge in [0.25, 0.3) is 0 Å². The first-order valence-electron chi connectivity index (χ1n) is 18.4. The van der Waals surface area contributed by atoms with Crippen molar-refractivity contribution in [3.05, 3.63) is 198 Å². The first kappa shape index (κ1) is 30.4. The molecule has 2 nitrogen and oxygen atoms in total. The summed E-state index contributed by atoms with van der Waals surface area (Å²) in [6, 6.07) is 62.8. The lowest BCUT2D eigenvalue weighted by Crippen LogP contribution is -2.32. The molecule has 1 aliphatic carbocycles. The summed E-state index contributed by atoms with van der Waals surface area (Å²) >= 11 is 3.81. The highest BCUT2D eigenvalue weighted by Gasteiger charge is 2.50. The van der Waals surface area contributed by atoms with Crippen LogP contribution >= 0.6 is 23.1 Å². The summed E-state index contributed by atoms with van der Waals surface area (Å²) in [7, 11) is 0. The zero-order valence-electron chi connectivity index (χ0n) is 29.3. The zero-order valence-corrected chi connectivity index (χ0v) is 31.0. The lowest BCUT2D eigenvalue weighted by molar-refractivity contribution is 0.669. The Hall–Kier alpha value is -6.07. The third-order valence-electron chi connectivity index (χ3n) is 11.7. The van der Waals surface area contributed by atoms with Gasteiger partial charge in [0.15, 0.2) is 5.58 Å². The number of fused-ring (bicyclic) bond motifs is 15. The minimum Gasteiger partial charge on any atom is -0.454 e. The Balaban J connectivity index is 1.19. The van der Waals surface area contributed by atoms with E-state index in [1.807, 2.05) is 29.2 Å². The van der Waals surface area contributed by atoms with Crippen LogP contribution in [0.25, 0.3) is 53.2 Å². The van der Waals surface area contributed by atoms with Gasteiger partial charge in [-0.25, -0.2) is 0 Å². The Morgan fingerprint density at radius 3 is 2.13 bits per heavy atom. The molecule has 0 saturated carbocycles. The van der Waals surface area contributed by atoms with Gasteiger partial charge < -0.3 is 9.32 Å². The van der Waals surface area contributed by atoms with Crippen molar-refractivity contribution in [1.29, 1.82) is 0 Å². The van der Waals surface area contributed by atoms with Crippen molar-refractivity contribution < 1.29 is 4.42 Å². The highest BCUT2D eigenvalue weighted by molar-refractivity contribution is 7.99. The van der Waals surface area contributed by atoms with Crippen molar-refractivity contribution in [2.75, 3.05) is 4.90 Å². The number of thiophene rings is 1. The van der Waals surface area contributed by atoms with E-state index in [9.17, 15) is 0 Å². The fourth-order valence-corrected chi connectivity index (χ4v) is 11.8. The van der Waals surface area contributed by atoms with Crippen molar-refractivity contribution >= 4 is 82.3 Å². The van der Waals surface area contributed by atoms with Gasteiger partial charge in [0.1, 0.15) is 5.58 Å². The molecule has 3 heterocycles. The normalized spacial score (nSPS) is 15.5. The zero-order chi connectivity index (χ0) is 35.5. The monoisotopic (exact) mass is 725 g/mol. The summed E-state index contributed by atoms with van der Waals surface area (Å²) in [6.07, 6.45) is 0. The van der Waals surface area contributed by atoms with Gasteiger partial charge in [-0.1, -0.05) is 127 Å². The van der Waals surface area contributed by atoms with Crippen LogP contribution in [0, 0.1) is 6.92 Å². The van der Waals surface area contributed by atoms with Crippen LogP contribution in [0.1, 0.15) is 27.8 Å². The Morgan fingerprint density at radius 2 is 1.20 bits per heavy atom. The van der Waals surface area contributed by atoms with Crippen LogP contribution in [-0.2, 0) is 5.41 Å². The number of benzene rings is 8. The fraction of sp³-hybridized carbons (Fsp3) is 0.0400. The maximum atomic E-state index is 6.72. The minimum atomic E-state index is -0.515. The van der Waals surface area contributed by atoms with Crippen LogP contribution in [0.5, 0.6) is 0 Å². The van der Waals surface area contributed by atoms with Gasteiger partial charge in [-0.2, -0.15) is 0 Å². The molecule has 4 heteroatoms. The molecule has 2 aromatic heterocycles. The maximum Gasteiger partial charge on any atom is 0.159 e. The molecule has 10 aromatic rings. The van der Waals surface area contributed by atoms with Gasteiger partial charge in [-0.15, -0.1) is 11.3 Å². The molecule has 1 spiro atoms. The molecule has 0 saturated heterocycles. The second-order valence-electron chi connectivity index (χ2n) is 14.4. The van der Waals surface area contributed by atoms with Crippen LogP contribution in [0.3, 0.4) is 0 Å². The molecule has 0 fully saturated rings. The van der Waals surface area contributed by atoms with E-state index in [1.165, 1.54) is 68.9 Å². The van der Waals surface area contributed by atoms with E-state index in [1.54, 1.807) is 0 Å². The van der Waals surface area contributed by atoms with Crippen molar-refractivity contribution in [2.45, 2.75) is 22.1 Å². The van der Waals surface area contributed by atoms with Gasteiger partial charge >= 0.3 is 0 Å². The molecule has 1 aliphatic heterocycles. The minimum absolute atomic E-state index is 0.515. The number of hydrogen-bond acceptors (Lipinski definition) is 4. The molecule has 0 bridgehead atoms. The predicted octanol–water partition coefficient (Wildman–Crippen LogP) is 14.6. The van der Waals surface area contributed by atoms with Crippen LogP contribution in [0.4, 0.5) is 17.1 Å². The van der Waals surface area contributed by atoms with Crippen molar-refractivity contribution in [3.8, 4) is 11.1 Å². The van der Waals surface area contributed by atoms with E-state index in [2.05, 4.69) is 176 Å². The molecule has 8 aromatic carbocycles. The van der Waals surface area contributed by atoms with E-state index < -0.39 is 5.41 Å². The fourth-order valence-electron chi connectivity index (χ4n) is 9.38. The molecule has 0 amide bonds. The molecule has 254 valence electrons. The number of nitrogens with zero attached hydrogens (tertiary/aromatic N) is 1. The Labute approximate surface area is 320 Å². The summed E-state index contributed by atoms with van der Waals surface area (Å²) in [5.74, 6) is 0. The number of rotatable bonds is 3. The second kappa shape index (κ2) is 11.2. The smallest absolute Gasteiger partial charge is 0.159 e. The van der Waals surface area contributed by atoms with Crippen LogP contribution in [0.2, 0.25) is 0 Å². The summed E-state index contributed by atoms with van der Waals surface area (Å²) in [6.45, 7) is 2.20. The number of para-hydroxylation sites is 3. The van der Waals surface area contributed by atoms with Gasteiger partial charge in [-0.3, -0.25) is 0 Å². The molecule has 1 unspecified atom stereocenters. The lowest BCUT2D eigenvalue weighted by atomic mass is 9.67. The number of hydrogen-bond donors (Lipinski definition) is 0. The highest BCUT2D eigenvalue weighted by Crippen LogP contribution is 2.63. The molecule has 1 atom stereocenters. The van der Waals surface area contributed by atoms with Gasteiger partial charge in [0.05, 0.1) is 11.1 Å². The molecule has 54 heavy (non-hydrogen) atoms. The number of aryl methyl sites for hydroxylation is 1. The predicted molar refractivity (Wildman–Crippen MR) is 227 cm³/mol. The largest absolute Gasteiger partial charge is 0.454 e. The summed E-state index contributed by atoms with van der Waals surface area (Å²) in [5, 5.41) is 4.90. The first-order valence-corrected chi connectivity index (χ1v) is 20.1. The standard InChI is InChI=1S/C50H31NOS2/c1-30-13-2-8-20-42(30)51(43-21-12-17-36-34-15-4-9-22-44(34)52-49(36)43)31-25-26-33-32-14-3-6-18-38(32)50(40(33)27-31)39-19-7-11-24-46(39)54-48-29-47-37(28-41(48)50)35-16-5-10-23-45(35)53-47/h2-29H,1H3. The average molecular weight is 726 g/mol. The molecular weight excluding hydrogens is 695 g/mol. The SMILES string of the molecule is Cc1ccccc1N(c1ccc2c(c1)C1(c3ccccc3Sc3cc4sc5ccccc5c4cc31)c1ccccc1-2)c1cccc2c1oc1ccccc12. The first-order chi connectivity index (χ1) is 26.7. The van der Waals surface area contributed by atoms with Gasteiger partial charge in [-0.05, 0) is 100 Å². The summed E-state index contributed by atoms with van der Waals surface area (Å²) in [5.41, 5.74) is 13.6. The molecule has 12 rings (SSSR count). The maximum absolute atomic E-state index is 6.72. The second-order valence-corrected chi connectivity index (χ2v) is 16.6. The van der Waals surface area contributed by atoms with Crippen LogP contribution < -0.4 is 4.90 Å². The van der Waals surface area contributed by atoms with Crippen molar-refractivity contribution in [1.82, 2.24) is 0 Å². The Morgan fingerprint density at radius 1 is 0.481 bits per heavy atom. The third kappa shape index (κ3) is 4.02. The van der Waals surface area contributed by atoms with E-state index in [0.29, 0.717) is 0 Å². The summed E-state index contributed by atoms with van der Waals surface area (Å²) < 4.78 is 9.38. The molecule has 0 radical (unpaired) electrons. The molecular formula is C50H31NOS2. The highest BCUT2D eigenvalue weighted by atomic mass is 32.2. The third-order valence-corrected chi connectivity index (χ3v) is 13.9. The van der Waals surface area contributed by atoms with Crippen LogP contribution in [0.15, 0.2) is 184 Å². The van der Waals surface area contributed by atoms with E-state index in [0.717, 1.165) is 39.0 Å². The number of furan rings is 1. The van der Waals surface area contributed by atoms with Gasteiger partial charge in [0.2, 0.25) is 0 Å². The topological polar surface area (TPSA) is 16.4 Å². The average Bonchev–Trinajstić information content (AvgIpc) is 3.87. The van der Waals surface area contributed by atoms with Crippen molar-refractivity contribution in [2.24, 2.45) is 0 Å². The number of anilines is 3. The Kier molecular flexibility index (Phi) is 6.32. The lowest BCUT2D eigenvalue weighted by Gasteiger charge is -2.40. The molecule has 0 N–H and O–H groups in total. The van der Waals surface area contributed by atoms with Crippen LogP contribution in [-0.4, -0.2) is 0 Å². The quantitative estimate of drug-likeness (QED) is 0.180.